The molecule has 3 fully saturated rings. The van der Waals surface area contributed by atoms with E-state index in [1.54, 1.807) is 0 Å². The molecular weight excluding hydrogens is 252 g/mol. The second kappa shape index (κ2) is 6.02. The maximum Gasteiger partial charge on any atom is 0.226 e. The zero-order valence-corrected chi connectivity index (χ0v) is 12.6. The van der Waals surface area contributed by atoms with Crippen molar-refractivity contribution in [1.29, 1.82) is 0 Å². The summed E-state index contributed by atoms with van der Waals surface area (Å²) in [7, 11) is 0. The number of amides is 1. The van der Waals surface area contributed by atoms with Crippen molar-refractivity contribution in [3.8, 4) is 0 Å². The van der Waals surface area contributed by atoms with Gasteiger partial charge in [0.05, 0.1) is 18.8 Å². The van der Waals surface area contributed by atoms with Crippen molar-refractivity contribution in [3.63, 3.8) is 0 Å². The van der Waals surface area contributed by atoms with Gasteiger partial charge in [0.1, 0.15) is 0 Å². The van der Waals surface area contributed by atoms with E-state index in [9.17, 15) is 4.79 Å². The van der Waals surface area contributed by atoms with E-state index in [0.29, 0.717) is 24.5 Å². The molecule has 114 valence electrons. The number of ether oxygens (including phenoxy) is 1. The molecule has 0 radical (unpaired) electrons. The number of hydrogen-bond donors (Lipinski definition) is 1. The van der Waals surface area contributed by atoms with Crippen LogP contribution in [-0.4, -0.2) is 42.1 Å². The van der Waals surface area contributed by atoms with Crippen molar-refractivity contribution >= 4 is 5.91 Å². The van der Waals surface area contributed by atoms with E-state index in [1.165, 1.54) is 12.8 Å². The zero-order valence-electron chi connectivity index (χ0n) is 12.6. The molecule has 1 heterocycles. The summed E-state index contributed by atoms with van der Waals surface area (Å²) >= 11 is 0. The number of rotatable bonds is 1. The van der Waals surface area contributed by atoms with Crippen LogP contribution in [0.1, 0.15) is 51.9 Å². The van der Waals surface area contributed by atoms with Gasteiger partial charge in [-0.2, -0.15) is 0 Å². The van der Waals surface area contributed by atoms with Crippen LogP contribution in [0.2, 0.25) is 0 Å². The maximum atomic E-state index is 12.9. The Hall–Kier alpha value is -0.610. The fourth-order valence-electron chi connectivity index (χ4n) is 4.46. The van der Waals surface area contributed by atoms with E-state index >= 15 is 0 Å². The highest BCUT2D eigenvalue weighted by molar-refractivity contribution is 5.79. The number of nitrogens with two attached hydrogens (primary N) is 1. The Morgan fingerprint density at radius 1 is 1.20 bits per heavy atom. The molecule has 0 bridgehead atoms. The molecule has 2 saturated carbocycles. The van der Waals surface area contributed by atoms with Crippen LogP contribution < -0.4 is 5.73 Å². The third-order valence-electron chi connectivity index (χ3n) is 5.34. The highest BCUT2D eigenvalue weighted by Gasteiger charge is 2.40. The molecule has 20 heavy (non-hydrogen) atoms. The van der Waals surface area contributed by atoms with Crippen molar-refractivity contribution < 1.29 is 9.53 Å². The fraction of sp³-hybridized carbons (Fsp3) is 0.938. The van der Waals surface area contributed by atoms with Crippen LogP contribution in [0.3, 0.4) is 0 Å². The molecule has 3 rings (SSSR count). The minimum atomic E-state index is 0.148. The molecule has 1 aliphatic heterocycles. The zero-order chi connectivity index (χ0) is 14.1. The maximum absolute atomic E-state index is 12.9. The molecule has 2 aliphatic carbocycles. The van der Waals surface area contributed by atoms with Crippen LogP contribution in [0.4, 0.5) is 0 Å². The molecule has 5 unspecified atom stereocenters. The second-order valence-electron chi connectivity index (χ2n) is 7.06. The molecule has 5 atom stereocenters. The summed E-state index contributed by atoms with van der Waals surface area (Å²) < 4.78 is 5.87. The first kappa shape index (κ1) is 14.3. The molecule has 0 aromatic rings. The van der Waals surface area contributed by atoms with Crippen molar-refractivity contribution in [2.45, 2.75) is 70.1 Å². The summed E-state index contributed by atoms with van der Waals surface area (Å²) in [5.41, 5.74) is 6.12. The van der Waals surface area contributed by atoms with Gasteiger partial charge < -0.3 is 15.4 Å². The minimum Gasteiger partial charge on any atom is -0.374 e. The molecule has 0 aromatic heterocycles. The molecule has 3 aliphatic rings. The lowest BCUT2D eigenvalue weighted by atomic mass is 9.78. The number of carbonyl (C=O) groups is 1. The first-order valence-electron chi connectivity index (χ1n) is 8.33. The fourth-order valence-corrected chi connectivity index (χ4v) is 4.46. The van der Waals surface area contributed by atoms with Crippen LogP contribution in [0.25, 0.3) is 0 Å². The van der Waals surface area contributed by atoms with Crippen LogP contribution >= 0.6 is 0 Å². The van der Waals surface area contributed by atoms with E-state index in [1.807, 2.05) is 0 Å². The third kappa shape index (κ3) is 2.86. The molecule has 1 amide bonds. The number of nitrogens with zero attached hydrogens (tertiary/aromatic N) is 1. The van der Waals surface area contributed by atoms with Crippen LogP contribution in [0.15, 0.2) is 0 Å². The van der Waals surface area contributed by atoms with Crippen molar-refractivity contribution in [2.24, 2.45) is 17.6 Å². The van der Waals surface area contributed by atoms with Crippen molar-refractivity contribution in [1.82, 2.24) is 4.90 Å². The van der Waals surface area contributed by atoms with Gasteiger partial charge >= 0.3 is 0 Å². The second-order valence-corrected chi connectivity index (χ2v) is 7.06. The lowest BCUT2D eigenvalue weighted by molar-refractivity contribution is -0.155. The topological polar surface area (TPSA) is 55.6 Å². The van der Waals surface area contributed by atoms with Crippen LogP contribution in [0, 0.1) is 11.8 Å². The molecular formula is C16H28N2O2. The molecule has 2 N–H and O–H groups in total. The molecule has 4 heteroatoms. The lowest BCUT2D eigenvalue weighted by Crippen LogP contribution is -2.57. The Bertz CT molecular complexity index is 348. The summed E-state index contributed by atoms with van der Waals surface area (Å²) in [5.74, 6) is 1.08. The number of carbonyl (C=O) groups excluding carboxylic acids is 1. The normalized spacial score (nSPS) is 42.1. The smallest absolute Gasteiger partial charge is 0.226 e. The van der Waals surface area contributed by atoms with Gasteiger partial charge in [-0.1, -0.05) is 19.8 Å². The highest BCUT2D eigenvalue weighted by Crippen LogP contribution is 2.33. The van der Waals surface area contributed by atoms with E-state index < -0.39 is 0 Å². The SMILES string of the molecule is CC1CC(N)CC(C(=O)N2CCOC3CCCCC32)C1. The molecule has 0 spiro atoms. The van der Waals surface area contributed by atoms with Gasteiger partial charge in [0.25, 0.3) is 0 Å². The quantitative estimate of drug-likeness (QED) is 0.798. The van der Waals surface area contributed by atoms with Crippen molar-refractivity contribution in [3.05, 3.63) is 0 Å². The summed E-state index contributed by atoms with van der Waals surface area (Å²) in [5, 5.41) is 0. The monoisotopic (exact) mass is 280 g/mol. The van der Waals surface area contributed by atoms with E-state index in [-0.39, 0.29) is 18.1 Å². The van der Waals surface area contributed by atoms with E-state index in [4.69, 9.17) is 10.5 Å². The van der Waals surface area contributed by atoms with Crippen LogP contribution in [-0.2, 0) is 9.53 Å². The van der Waals surface area contributed by atoms with Gasteiger partial charge in [-0.05, 0) is 38.0 Å². The third-order valence-corrected chi connectivity index (χ3v) is 5.34. The first-order chi connectivity index (χ1) is 9.65. The number of morpholine rings is 1. The number of hydrogen-bond acceptors (Lipinski definition) is 3. The Balaban J connectivity index is 1.68. The Kier molecular flexibility index (Phi) is 4.32. The van der Waals surface area contributed by atoms with Gasteiger partial charge in [0.15, 0.2) is 0 Å². The van der Waals surface area contributed by atoms with E-state index in [0.717, 1.165) is 38.6 Å². The average molecular weight is 280 g/mol. The standard InChI is InChI=1S/C16H28N2O2/c1-11-8-12(10-13(17)9-11)16(19)18-6-7-20-15-5-3-2-4-14(15)18/h11-15H,2-10,17H2,1H3. The van der Waals surface area contributed by atoms with Gasteiger partial charge in [-0.15, -0.1) is 0 Å². The van der Waals surface area contributed by atoms with Gasteiger partial charge in [-0.25, -0.2) is 0 Å². The average Bonchev–Trinajstić information content (AvgIpc) is 2.45. The van der Waals surface area contributed by atoms with E-state index in [2.05, 4.69) is 11.8 Å². The highest BCUT2D eigenvalue weighted by atomic mass is 16.5. The Morgan fingerprint density at radius 3 is 2.80 bits per heavy atom. The predicted molar refractivity (Wildman–Crippen MR) is 78.2 cm³/mol. The lowest BCUT2D eigenvalue weighted by Gasteiger charge is -2.45. The Labute approximate surface area is 122 Å². The summed E-state index contributed by atoms with van der Waals surface area (Å²) in [6.45, 7) is 3.71. The van der Waals surface area contributed by atoms with Crippen LogP contribution in [0.5, 0.6) is 0 Å². The van der Waals surface area contributed by atoms with Gasteiger partial charge in [0.2, 0.25) is 5.91 Å². The molecule has 1 saturated heterocycles. The Morgan fingerprint density at radius 2 is 2.00 bits per heavy atom. The first-order valence-corrected chi connectivity index (χ1v) is 8.33. The predicted octanol–water partition coefficient (Wildman–Crippen LogP) is 1.92. The summed E-state index contributed by atoms with van der Waals surface area (Å²) in [6.07, 6.45) is 7.96. The molecule has 0 aromatic carbocycles. The number of fused-ring (bicyclic) bond motifs is 1. The van der Waals surface area contributed by atoms with Crippen molar-refractivity contribution in [2.75, 3.05) is 13.2 Å². The minimum absolute atomic E-state index is 0.148. The summed E-state index contributed by atoms with van der Waals surface area (Å²) in [4.78, 5) is 15.1. The summed E-state index contributed by atoms with van der Waals surface area (Å²) in [6, 6.07) is 0.536. The largest absolute Gasteiger partial charge is 0.374 e. The van der Waals surface area contributed by atoms with Gasteiger partial charge in [-0.3, -0.25) is 4.79 Å². The molecule has 4 nitrogen and oxygen atoms in total. The van der Waals surface area contributed by atoms with Gasteiger partial charge in [0, 0.05) is 18.5 Å².